The van der Waals surface area contributed by atoms with E-state index in [1.807, 2.05) is 39.8 Å². The van der Waals surface area contributed by atoms with Gasteiger partial charge < -0.3 is 14.8 Å². The van der Waals surface area contributed by atoms with Gasteiger partial charge >= 0.3 is 12.1 Å². The second-order valence-corrected chi connectivity index (χ2v) is 8.17. The van der Waals surface area contributed by atoms with E-state index in [-0.39, 0.29) is 18.1 Å². The Hall–Kier alpha value is -2.15. The van der Waals surface area contributed by atoms with Crippen molar-refractivity contribution < 1.29 is 19.1 Å². The van der Waals surface area contributed by atoms with Crippen LogP contribution in [0.3, 0.4) is 0 Å². The molecule has 1 saturated heterocycles. The van der Waals surface area contributed by atoms with Crippen molar-refractivity contribution in [3.05, 3.63) is 29.6 Å². The summed E-state index contributed by atoms with van der Waals surface area (Å²) in [6, 6.07) is 3.65. The molecule has 1 aromatic rings. The third-order valence-electron chi connectivity index (χ3n) is 4.97. The number of nitrogens with one attached hydrogen (secondary N) is 1. The lowest BCUT2D eigenvalue weighted by Gasteiger charge is -2.36. The number of rotatable bonds is 4. The molecule has 2 heterocycles. The summed E-state index contributed by atoms with van der Waals surface area (Å²) in [6.07, 6.45) is 3.01. The van der Waals surface area contributed by atoms with E-state index < -0.39 is 11.0 Å². The number of carbonyl (C=O) groups is 2. The Labute approximate surface area is 160 Å². The third-order valence-corrected chi connectivity index (χ3v) is 4.97. The van der Waals surface area contributed by atoms with Crippen molar-refractivity contribution in [2.75, 3.05) is 26.2 Å². The van der Waals surface area contributed by atoms with Gasteiger partial charge in [0.2, 0.25) is 0 Å². The van der Waals surface area contributed by atoms with Gasteiger partial charge in [0.25, 0.3) is 0 Å². The molecule has 148 valence electrons. The summed E-state index contributed by atoms with van der Waals surface area (Å²) < 4.78 is 10.8. The molecule has 0 radical (unpaired) electrons. The number of amides is 1. The highest BCUT2D eigenvalue weighted by Crippen LogP contribution is 2.49. The van der Waals surface area contributed by atoms with Crippen molar-refractivity contribution >= 4 is 12.1 Å². The average molecular weight is 375 g/mol. The van der Waals surface area contributed by atoms with Crippen LogP contribution in [-0.4, -0.2) is 53.8 Å². The molecule has 27 heavy (non-hydrogen) atoms. The van der Waals surface area contributed by atoms with E-state index in [1.54, 1.807) is 11.1 Å². The Kier molecular flexibility index (Phi) is 5.42. The fraction of sp³-hybridized carbons (Fsp3) is 0.650. The van der Waals surface area contributed by atoms with Crippen LogP contribution in [0.4, 0.5) is 4.79 Å². The molecule has 0 spiro atoms. The molecule has 1 amide bonds. The van der Waals surface area contributed by atoms with Crippen LogP contribution in [0.15, 0.2) is 18.3 Å². The Morgan fingerprint density at radius 3 is 2.63 bits per heavy atom. The number of esters is 1. The maximum absolute atomic E-state index is 12.6. The molecule has 2 aliphatic rings. The van der Waals surface area contributed by atoms with Crippen molar-refractivity contribution in [3.8, 4) is 0 Å². The zero-order valence-corrected chi connectivity index (χ0v) is 16.6. The summed E-state index contributed by atoms with van der Waals surface area (Å²) in [7, 11) is 0. The average Bonchev–Trinajstić information content (AvgIpc) is 3.43. The van der Waals surface area contributed by atoms with Gasteiger partial charge in [0.1, 0.15) is 5.60 Å². The second-order valence-electron chi connectivity index (χ2n) is 8.17. The number of nitrogens with zero attached hydrogens (tertiary/aromatic N) is 2. The van der Waals surface area contributed by atoms with E-state index in [4.69, 9.17) is 9.47 Å². The number of hydrogen-bond acceptors (Lipinski definition) is 6. The normalized spacial score (nSPS) is 21.5. The molecule has 1 unspecified atom stereocenters. The predicted molar refractivity (Wildman–Crippen MR) is 100 cm³/mol. The zero-order chi connectivity index (χ0) is 19.7. The van der Waals surface area contributed by atoms with Crippen molar-refractivity contribution in [1.82, 2.24) is 15.2 Å². The summed E-state index contributed by atoms with van der Waals surface area (Å²) in [5.74, 6) is -0.172. The van der Waals surface area contributed by atoms with Gasteiger partial charge in [0.05, 0.1) is 23.8 Å². The molecular formula is C20H29N3O4. The zero-order valence-electron chi connectivity index (χ0n) is 16.6. The monoisotopic (exact) mass is 375 g/mol. The molecular weight excluding hydrogens is 346 g/mol. The molecule has 7 heteroatoms. The summed E-state index contributed by atoms with van der Waals surface area (Å²) in [6.45, 7) is 9.68. The molecule has 1 aliphatic heterocycles. The molecule has 1 saturated carbocycles. The molecule has 0 bridgehead atoms. The number of hydrogen-bond donors (Lipinski definition) is 1. The largest absolute Gasteiger partial charge is 0.465 e. The second kappa shape index (κ2) is 7.46. The first-order chi connectivity index (χ1) is 12.8. The minimum absolute atomic E-state index is 0.172. The SMILES string of the molecule is CCOC(=O)C1(c2ccc(C3CNCCN3C(=O)OC(C)(C)C)nc2)CC1. The number of piperazine rings is 1. The summed E-state index contributed by atoms with van der Waals surface area (Å²) in [5.41, 5.74) is 0.604. The van der Waals surface area contributed by atoms with Crippen LogP contribution in [0.1, 0.15) is 57.8 Å². The molecule has 1 aliphatic carbocycles. The van der Waals surface area contributed by atoms with E-state index in [2.05, 4.69) is 10.3 Å². The van der Waals surface area contributed by atoms with Crippen LogP contribution in [0.25, 0.3) is 0 Å². The van der Waals surface area contributed by atoms with Crippen LogP contribution in [-0.2, 0) is 19.7 Å². The molecule has 0 aromatic carbocycles. The Morgan fingerprint density at radius 1 is 1.33 bits per heavy atom. The van der Waals surface area contributed by atoms with E-state index in [0.717, 1.165) is 30.6 Å². The third kappa shape index (κ3) is 4.24. The molecule has 3 rings (SSSR count). The van der Waals surface area contributed by atoms with E-state index >= 15 is 0 Å². The smallest absolute Gasteiger partial charge is 0.410 e. The van der Waals surface area contributed by atoms with Gasteiger partial charge in [-0.3, -0.25) is 14.7 Å². The highest BCUT2D eigenvalue weighted by Gasteiger charge is 2.53. The molecule has 1 aromatic heterocycles. The Balaban J connectivity index is 1.77. The van der Waals surface area contributed by atoms with Gasteiger partial charge in [-0.25, -0.2) is 4.79 Å². The van der Waals surface area contributed by atoms with Crippen molar-refractivity contribution in [1.29, 1.82) is 0 Å². The molecule has 7 nitrogen and oxygen atoms in total. The van der Waals surface area contributed by atoms with Crippen molar-refractivity contribution in [2.24, 2.45) is 0 Å². The lowest BCUT2D eigenvalue weighted by Crippen LogP contribution is -2.50. The van der Waals surface area contributed by atoms with Crippen LogP contribution >= 0.6 is 0 Å². The minimum Gasteiger partial charge on any atom is -0.465 e. The van der Waals surface area contributed by atoms with Crippen LogP contribution < -0.4 is 5.32 Å². The maximum atomic E-state index is 12.6. The van der Waals surface area contributed by atoms with Crippen molar-refractivity contribution in [3.63, 3.8) is 0 Å². The minimum atomic E-state index is -0.540. The first-order valence-electron chi connectivity index (χ1n) is 9.61. The maximum Gasteiger partial charge on any atom is 0.410 e. The summed E-state index contributed by atoms with van der Waals surface area (Å²) >= 11 is 0. The van der Waals surface area contributed by atoms with Gasteiger partial charge in [0, 0.05) is 25.8 Å². The van der Waals surface area contributed by atoms with Gasteiger partial charge in [-0.05, 0) is 52.2 Å². The van der Waals surface area contributed by atoms with Crippen LogP contribution in [0.5, 0.6) is 0 Å². The topological polar surface area (TPSA) is 80.8 Å². The number of aromatic nitrogens is 1. The van der Waals surface area contributed by atoms with E-state index in [1.165, 1.54) is 0 Å². The molecule has 1 atom stereocenters. The highest BCUT2D eigenvalue weighted by molar-refractivity contribution is 5.86. The van der Waals surface area contributed by atoms with E-state index in [9.17, 15) is 9.59 Å². The standard InChI is InChI=1S/C20H29N3O4/c1-5-26-17(24)20(8-9-20)14-6-7-15(22-12-14)16-13-21-10-11-23(16)18(25)27-19(2,3)4/h6-7,12,16,21H,5,8-11,13H2,1-4H3. The number of ether oxygens (including phenoxy) is 2. The lowest BCUT2D eigenvalue weighted by atomic mass is 9.97. The predicted octanol–water partition coefficient (Wildman–Crippen LogP) is 2.56. The highest BCUT2D eigenvalue weighted by atomic mass is 16.6. The fourth-order valence-corrected chi connectivity index (χ4v) is 3.40. The quantitative estimate of drug-likeness (QED) is 0.815. The number of pyridine rings is 1. The van der Waals surface area contributed by atoms with Gasteiger partial charge in [-0.1, -0.05) is 6.07 Å². The summed E-state index contributed by atoms with van der Waals surface area (Å²) in [4.78, 5) is 31.1. The lowest BCUT2D eigenvalue weighted by molar-refractivity contribution is -0.146. The fourth-order valence-electron chi connectivity index (χ4n) is 3.40. The van der Waals surface area contributed by atoms with Gasteiger partial charge in [-0.15, -0.1) is 0 Å². The first kappa shape index (κ1) is 19.6. The molecule has 1 N–H and O–H groups in total. The van der Waals surface area contributed by atoms with E-state index in [0.29, 0.717) is 19.7 Å². The van der Waals surface area contributed by atoms with Gasteiger partial charge in [-0.2, -0.15) is 0 Å². The first-order valence-corrected chi connectivity index (χ1v) is 9.61. The van der Waals surface area contributed by atoms with Crippen molar-refractivity contribution in [2.45, 2.75) is 57.6 Å². The Morgan fingerprint density at radius 2 is 2.07 bits per heavy atom. The number of carbonyl (C=O) groups excluding carboxylic acids is 2. The van der Waals surface area contributed by atoms with Crippen LogP contribution in [0, 0.1) is 0 Å². The molecule has 2 fully saturated rings. The van der Waals surface area contributed by atoms with Gasteiger partial charge in [0.15, 0.2) is 0 Å². The Bertz CT molecular complexity index is 692. The van der Waals surface area contributed by atoms with Crippen LogP contribution in [0.2, 0.25) is 0 Å². The summed E-state index contributed by atoms with van der Waals surface area (Å²) in [5, 5.41) is 3.31.